The van der Waals surface area contributed by atoms with E-state index < -0.39 is 17.5 Å². The predicted molar refractivity (Wildman–Crippen MR) is 105 cm³/mol. The lowest BCUT2D eigenvalue weighted by Crippen LogP contribution is -2.26. The summed E-state index contributed by atoms with van der Waals surface area (Å²) in [4.78, 5) is 0. The average molecular weight is 390 g/mol. The first-order chi connectivity index (χ1) is 13.5. The molecule has 0 amide bonds. The number of hydrogen-bond donors (Lipinski definition) is 0. The van der Waals surface area contributed by atoms with E-state index in [0.717, 1.165) is 19.3 Å². The second-order valence-electron chi connectivity index (χ2n) is 6.99. The second kappa shape index (κ2) is 9.39. The molecule has 28 heavy (non-hydrogen) atoms. The molecule has 0 radical (unpaired) electrons. The van der Waals surface area contributed by atoms with Crippen molar-refractivity contribution in [1.82, 2.24) is 0 Å². The van der Waals surface area contributed by atoms with Crippen molar-refractivity contribution in [2.45, 2.75) is 38.2 Å². The highest BCUT2D eigenvalue weighted by atomic mass is 19.2. The maximum Gasteiger partial charge on any atom is 0.167 e. The van der Waals surface area contributed by atoms with Crippen molar-refractivity contribution in [3.05, 3.63) is 65.5 Å². The predicted octanol–water partition coefficient (Wildman–Crippen LogP) is 6.10. The molecule has 2 aromatic carbocycles. The Morgan fingerprint density at radius 2 is 1.96 bits per heavy atom. The third-order valence-electron chi connectivity index (χ3n) is 5.24. The van der Waals surface area contributed by atoms with Crippen LogP contribution in [0.25, 0.3) is 17.2 Å². The van der Waals surface area contributed by atoms with Crippen LogP contribution in [0.3, 0.4) is 0 Å². The molecule has 1 aliphatic rings. The summed E-state index contributed by atoms with van der Waals surface area (Å²) in [6.07, 6.45) is 3.90. The van der Waals surface area contributed by atoms with E-state index in [1.807, 2.05) is 6.92 Å². The van der Waals surface area contributed by atoms with Crippen molar-refractivity contribution in [2.24, 2.45) is 0 Å². The van der Waals surface area contributed by atoms with E-state index in [-0.39, 0.29) is 23.1 Å². The SMILES string of the molecule is C=Cc1ccc(-c2ccc(C3CCC(CCOCC)OC3)c(F)c2)c(F)c1F. The lowest BCUT2D eigenvalue weighted by Gasteiger charge is -2.29. The van der Waals surface area contributed by atoms with Gasteiger partial charge in [0.05, 0.1) is 12.7 Å². The highest BCUT2D eigenvalue weighted by Crippen LogP contribution is 2.34. The Kier molecular flexibility index (Phi) is 6.92. The molecule has 2 unspecified atom stereocenters. The first-order valence-electron chi connectivity index (χ1n) is 9.64. The van der Waals surface area contributed by atoms with E-state index in [9.17, 15) is 13.2 Å². The minimum absolute atomic E-state index is 0.0319. The first kappa shape index (κ1) is 20.6. The fourth-order valence-corrected chi connectivity index (χ4v) is 3.61. The molecule has 150 valence electrons. The van der Waals surface area contributed by atoms with E-state index in [4.69, 9.17) is 9.47 Å². The molecule has 0 saturated carbocycles. The topological polar surface area (TPSA) is 18.5 Å². The average Bonchev–Trinajstić information content (AvgIpc) is 2.71. The summed E-state index contributed by atoms with van der Waals surface area (Å²) in [6.45, 7) is 7.21. The smallest absolute Gasteiger partial charge is 0.167 e. The van der Waals surface area contributed by atoms with Gasteiger partial charge >= 0.3 is 0 Å². The van der Waals surface area contributed by atoms with Gasteiger partial charge in [-0.15, -0.1) is 0 Å². The van der Waals surface area contributed by atoms with Crippen LogP contribution in [0, 0.1) is 17.5 Å². The standard InChI is InChI=1S/C23H25F3O2/c1-3-15-6-10-20(23(26)22(15)25)16-7-9-19(21(24)13-16)17-5-8-18(28-14-17)11-12-27-4-2/h3,6-7,9-10,13,17-18H,1,4-5,8,11-12,14H2,2H3. The second-order valence-corrected chi connectivity index (χ2v) is 6.99. The Balaban J connectivity index is 1.72. The van der Waals surface area contributed by atoms with E-state index in [1.165, 1.54) is 24.3 Å². The molecular formula is C23H25F3O2. The monoisotopic (exact) mass is 390 g/mol. The summed E-state index contributed by atoms with van der Waals surface area (Å²) in [5.41, 5.74) is 0.969. The minimum atomic E-state index is -0.998. The number of hydrogen-bond acceptors (Lipinski definition) is 2. The third kappa shape index (κ3) is 4.47. The van der Waals surface area contributed by atoms with Crippen LogP contribution >= 0.6 is 0 Å². The zero-order valence-corrected chi connectivity index (χ0v) is 16.0. The number of halogens is 3. The molecule has 0 N–H and O–H groups in total. The Labute approximate surface area is 164 Å². The van der Waals surface area contributed by atoms with E-state index in [0.29, 0.717) is 30.9 Å². The Morgan fingerprint density at radius 3 is 2.61 bits per heavy atom. The van der Waals surface area contributed by atoms with Gasteiger partial charge in [0.2, 0.25) is 0 Å². The minimum Gasteiger partial charge on any atom is -0.382 e. The summed E-state index contributed by atoms with van der Waals surface area (Å²) in [6, 6.07) is 7.42. The van der Waals surface area contributed by atoms with E-state index >= 15 is 0 Å². The molecule has 0 aliphatic carbocycles. The van der Waals surface area contributed by atoms with Crippen LogP contribution in [0.2, 0.25) is 0 Å². The van der Waals surface area contributed by atoms with Gasteiger partial charge in [-0.2, -0.15) is 0 Å². The van der Waals surface area contributed by atoms with Crippen molar-refractivity contribution in [2.75, 3.05) is 19.8 Å². The lowest BCUT2D eigenvalue weighted by atomic mass is 9.89. The van der Waals surface area contributed by atoms with Crippen molar-refractivity contribution >= 4 is 6.08 Å². The summed E-state index contributed by atoms with van der Waals surface area (Å²) >= 11 is 0. The zero-order valence-electron chi connectivity index (χ0n) is 16.0. The molecule has 2 aromatic rings. The summed E-state index contributed by atoms with van der Waals surface area (Å²) in [5, 5.41) is 0. The van der Waals surface area contributed by atoms with Gasteiger partial charge in [-0.1, -0.05) is 36.9 Å². The molecule has 0 aromatic heterocycles. The van der Waals surface area contributed by atoms with Crippen molar-refractivity contribution in [3.8, 4) is 11.1 Å². The Hall–Kier alpha value is -2.11. The molecule has 1 aliphatic heterocycles. The van der Waals surface area contributed by atoms with Gasteiger partial charge in [0.1, 0.15) is 5.82 Å². The molecule has 1 fully saturated rings. The molecule has 0 bridgehead atoms. The molecular weight excluding hydrogens is 365 g/mol. The maximum absolute atomic E-state index is 14.7. The fraction of sp³-hybridized carbons (Fsp3) is 0.391. The molecule has 1 saturated heterocycles. The van der Waals surface area contributed by atoms with Crippen LogP contribution in [-0.4, -0.2) is 25.9 Å². The summed E-state index contributed by atoms with van der Waals surface area (Å²) < 4.78 is 54.3. The number of benzene rings is 2. The number of ether oxygens (including phenoxy) is 2. The van der Waals surface area contributed by atoms with Gasteiger partial charge in [0.25, 0.3) is 0 Å². The van der Waals surface area contributed by atoms with Gasteiger partial charge in [0, 0.05) is 30.3 Å². The largest absolute Gasteiger partial charge is 0.382 e. The highest BCUT2D eigenvalue weighted by Gasteiger charge is 2.25. The fourth-order valence-electron chi connectivity index (χ4n) is 3.61. The van der Waals surface area contributed by atoms with Crippen LogP contribution in [-0.2, 0) is 9.47 Å². The summed E-state index contributed by atoms with van der Waals surface area (Å²) in [5.74, 6) is -2.44. The van der Waals surface area contributed by atoms with E-state index in [2.05, 4.69) is 6.58 Å². The molecule has 0 spiro atoms. The summed E-state index contributed by atoms with van der Waals surface area (Å²) in [7, 11) is 0. The maximum atomic E-state index is 14.7. The van der Waals surface area contributed by atoms with Gasteiger partial charge in [-0.3, -0.25) is 0 Å². The first-order valence-corrected chi connectivity index (χ1v) is 9.64. The van der Waals surface area contributed by atoms with Gasteiger partial charge in [-0.05, 0) is 43.4 Å². The van der Waals surface area contributed by atoms with Crippen molar-refractivity contribution < 1.29 is 22.6 Å². The molecule has 5 heteroatoms. The van der Waals surface area contributed by atoms with Crippen molar-refractivity contribution in [3.63, 3.8) is 0 Å². The Morgan fingerprint density at radius 1 is 1.14 bits per heavy atom. The molecule has 2 atom stereocenters. The lowest BCUT2D eigenvalue weighted by molar-refractivity contribution is -0.0167. The van der Waals surface area contributed by atoms with Crippen LogP contribution < -0.4 is 0 Å². The van der Waals surface area contributed by atoms with E-state index in [1.54, 1.807) is 12.1 Å². The Bertz CT molecular complexity index is 827. The van der Waals surface area contributed by atoms with Gasteiger partial charge in [-0.25, -0.2) is 13.2 Å². The van der Waals surface area contributed by atoms with Gasteiger partial charge in [0.15, 0.2) is 11.6 Å². The molecule has 3 rings (SSSR count). The molecule has 1 heterocycles. The van der Waals surface area contributed by atoms with Gasteiger partial charge < -0.3 is 9.47 Å². The van der Waals surface area contributed by atoms with Crippen LogP contribution in [0.1, 0.15) is 43.2 Å². The quantitative estimate of drug-likeness (QED) is 0.532. The number of rotatable bonds is 7. The van der Waals surface area contributed by atoms with Crippen LogP contribution in [0.4, 0.5) is 13.2 Å². The highest BCUT2D eigenvalue weighted by molar-refractivity contribution is 5.67. The normalized spacial score (nSPS) is 19.6. The molecule has 2 nitrogen and oxygen atoms in total. The van der Waals surface area contributed by atoms with Crippen molar-refractivity contribution in [1.29, 1.82) is 0 Å². The zero-order chi connectivity index (χ0) is 20.1. The van der Waals surface area contributed by atoms with Crippen LogP contribution in [0.5, 0.6) is 0 Å². The van der Waals surface area contributed by atoms with Crippen LogP contribution in [0.15, 0.2) is 36.9 Å². The third-order valence-corrected chi connectivity index (χ3v) is 5.24.